The summed E-state index contributed by atoms with van der Waals surface area (Å²) in [5, 5.41) is 11.2. The van der Waals surface area contributed by atoms with Crippen LogP contribution < -0.4 is 5.32 Å². The van der Waals surface area contributed by atoms with Crippen LogP contribution >= 0.6 is 0 Å². The molecule has 0 rings (SSSR count). The van der Waals surface area contributed by atoms with E-state index in [1.165, 1.54) is 7.11 Å². The molecule has 0 saturated carbocycles. The van der Waals surface area contributed by atoms with E-state index in [-0.39, 0.29) is 18.9 Å². The van der Waals surface area contributed by atoms with Gasteiger partial charge in [0.05, 0.1) is 13.2 Å². The molecule has 1 N–H and O–H groups in total. The molecule has 0 heterocycles. The van der Waals surface area contributed by atoms with Crippen LogP contribution in [0.25, 0.3) is 0 Å². The number of nitrogens with one attached hydrogen (secondary N) is 1. The lowest BCUT2D eigenvalue weighted by Gasteiger charge is -2.17. The highest BCUT2D eigenvalue weighted by Gasteiger charge is 2.23. The largest absolute Gasteiger partial charge is 0.467 e. The van der Waals surface area contributed by atoms with Crippen molar-refractivity contribution < 1.29 is 19.1 Å². The zero-order chi connectivity index (χ0) is 13.3. The van der Waals surface area contributed by atoms with Crippen LogP contribution in [0.4, 0.5) is 0 Å². The van der Waals surface area contributed by atoms with Crippen molar-refractivity contribution in [2.45, 2.75) is 26.3 Å². The molecule has 0 aromatic heterocycles. The predicted octanol–water partition coefficient (Wildman–Crippen LogP) is 0.230. The van der Waals surface area contributed by atoms with Crippen molar-refractivity contribution in [2.24, 2.45) is 5.92 Å². The molecule has 0 aliphatic carbocycles. The van der Waals surface area contributed by atoms with E-state index in [1.54, 1.807) is 13.8 Å². The number of carbonyl (C=O) groups excluding carboxylic acids is 2. The Morgan fingerprint density at radius 3 is 2.59 bits per heavy atom. The van der Waals surface area contributed by atoms with E-state index in [9.17, 15) is 9.59 Å². The van der Waals surface area contributed by atoms with E-state index in [0.29, 0.717) is 6.61 Å². The minimum Gasteiger partial charge on any atom is -0.467 e. The molecule has 1 amide bonds. The Hall–Kier alpha value is -1.61. The number of nitriles is 1. The van der Waals surface area contributed by atoms with Gasteiger partial charge in [-0.25, -0.2) is 4.79 Å². The Labute approximate surface area is 101 Å². The number of rotatable bonds is 7. The van der Waals surface area contributed by atoms with Gasteiger partial charge in [0.2, 0.25) is 5.91 Å². The number of hydrogen-bond acceptors (Lipinski definition) is 5. The van der Waals surface area contributed by atoms with Crippen molar-refractivity contribution in [3.8, 4) is 6.07 Å². The van der Waals surface area contributed by atoms with Crippen LogP contribution in [-0.4, -0.2) is 38.2 Å². The van der Waals surface area contributed by atoms with E-state index < -0.39 is 17.9 Å². The van der Waals surface area contributed by atoms with Crippen LogP contribution in [0, 0.1) is 17.2 Å². The van der Waals surface area contributed by atoms with Crippen molar-refractivity contribution in [2.75, 3.05) is 20.3 Å². The smallest absolute Gasteiger partial charge is 0.328 e. The molecule has 0 bridgehead atoms. The maximum absolute atomic E-state index is 11.4. The molecule has 17 heavy (non-hydrogen) atoms. The Bertz CT molecular complexity index is 298. The molecule has 6 heteroatoms. The highest BCUT2D eigenvalue weighted by molar-refractivity contribution is 5.85. The second-order valence-electron chi connectivity index (χ2n) is 3.55. The van der Waals surface area contributed by atoms with Gasteiger partial charge in [0, 0.05) is 12.5 Å². The minimum absolute atomic E-state index is 0.106. The van der Waals surface area contributed by atoms with Crippen LogP contribution in [0.15, 0.2) is 0 Å². The highest BCUT2D eigenvalue weighted by Crippen LogP contribution is 2.06. The molecule has 2 atom stereocenters. The fourth-order valence-corrected chi connectivity index (χ4v) is 1.19. The lowest BCUT2D eigenvalue weighted by atomic mass is 10.0. The average Bonchev–Trinajstić information content (AvgIpc) is 2.34. The first-order valence-corrected chi connectivity index (χ1v) is 5.39. The van der Waals surface area contributed by atoms with Crippen LogP contribution in [0.1, 0.15) is 20.3 Å². The summed E-state index contributed by atoms with van der Waals surface area (Å²) in [7, 11) is 1.24. The lowest BCUT2D eigenvalue weighted by Crippen LogP contribution is -2.44. The fraction of sp³-hybridized carbons (Fsp3) is 0.727. The Morgan fingerprint density at radius 1 is 1.47 bits per heavy atom. The second-order valence-corrected chi connectivity index (χ2v) is 3.55. The van der Waals surface area contributed by atoms with Crippen LogP contribution in [0.5, 0.6) is 0 Å². The normalized spacial score (nSPS) is 13.3. The van der Waals surface area contributed by atoms with Gasteiger partial charge in [-0.05, 0) is 20.3 Å². The van der Waals surface area contributed by atoms with Crippen molar-refractivity contribution in [1.82, 2.24) is 5.32 Å². The number of ether oxygens (including phenoxy) is 2. The summed E-state index contributed by atoms with van der Waals surface area (Å²) < 4.78 is 9.47. The van der Waals surface area contributed by atoms with Crippen molar-refractivity contribution in [1.29, 1.82) is 5.26 Å². The SMILES string of the molecule is CCOCC(=O)N[C@@H](C[C@H](C)C#N)C(=O)OC. The number of hydrogen-bond donors (Lipinski definition) is 1. The zero-order valence-electron chi connectivity index (χ0n) is 10.4. The van der Waals surface area contributed by atoms with Gasteiger partial charge < -0.3 is 14.8 Å². The lowest BCUT2D eigenvalue weighted by molar-refractivity contribution is -0.146. The fourth-order valence-electron chi connectivity index (χ4n) is 1.19. The van der Waals surface area contributed by atoms with Gasteiger partial charge in [-0.15, -0.1) is 0 Å². The van der Waals surface area contributed by atoms with Gasteiger partial charge in [0.15, 0.2) is 0 Å². The first kappa shape index (κ1) is 15.4. The van der Waals surface area contributed by atoms with Gasteiger partial charge in [0.25, 0.3) is 0 Å². The summed E-state index contributed by atoms with van der Waals surface area (Å²) in [4.78, 5) is 22.8. The van der Waals surface area contributed by atoms with Gasteiger partial charge >= 0.3 is 5.97 Å². The number of nitrogens with zero attached hydrogens (tertiary/aromatic N) is 1. The van der Waals surface area contributed by atoms with Crippen LogP contribution in [0.3, 0.4) is 0 Å². The third kappa shape index (κ3) is 6.53. The number of amides is 1. The second kappa shape index (κ2) is 8.53. The summed E-state index contributed by atoms with van der Waals surface area (Å²) in [6, 6.07) is 1.20. The molecule has 0 saturated heterocycles. The van der Waals surface area contributed by atoms with Crippen molar-refractivity contribution in [3.63, 3.8) is 0 Å². The molecule has 0 aromatic rings. The van der Waals surface area contributed by atoms with E-state index in [1.807, 2.05) is 6.07 Å². The maximum atomic E-state index is 11.4. The first-order chi connectivity index (χ1) is 8.04. The Balaban J connectivity index is 4.34. The number of carbonyl (C=O) groups is 2. The predicted molar refractivity (Wildman–Crippen MR) is 59.8 cm³/mol. The van der Waals surface area contributed by atoms with Gasteiger partial charge in [-0.2, -0.15) is 5.26 Å². The quantitative estimate of drug-likeness (QED) is 0.645. The molecule has 0 spiro atoms. The minimum atomic E-state index is -0.803. The molecule has 0 aliphatic rings. The summed E-state index contributed by atoms with van der Waals surface area (Å²) in [5.74, 6) is -1.30. The molecule has 0 aliphatic heterocycles. The van der Waals surface area contributed by atoms with Gasteiger partial charge in [-0.3, -0.25) is 4.79 Å². The topological polar surface area (TPSA) is 88.4 Å². The van der Waals surface area contributed by atoms with Crippen LogP contribution in [-0.2, 0) is 19.1 Å². The van der Waals surface area contributed by atoms with E-state index in [0.717, 1.165) is 0 Å². The van der Waals surface area contributed by atoms with Crippen molar-refractivity contribution >= 4 is 11.9 Å². The zero-order valence-corrected chi connectivity index (χ0v) is 10.4. The molecule has 96 valence electrons. The molecular weight excluding hydrogens is 224 g/mol. The monoisotopic (exact) mass is 242 g/mol. The maximum Gasteiger partial charge on any atom is 0.328 e. The molecule has 0 aromatic carbocycles. The standard InChI is InChI=1S/C11H18N2O4/c1-4-17-7-10(14)13-9(11(15)16-3)5-8(2)6-12/h8-9H,4-5,7H2,1-3H3,(H,13,14)/t8-,9-/m0/s1. The Kier molecular flexibility index (Phi) is 7.72. The van der Waals surface area contributed by atoms with E-state index >= 15 is 0 Å². The van der Waals surface area contributed by atoms with Crippen molar-refractivity contribution in [3.05, 3.63) is 0 Å². The van der Waals surface area contributed by atoms with Gasteiger partial charge in [0.1, 0.15) is 12.6 Å². The highest BCUT2D eigenvalue weighted by atomic mass is 16.5. The third-order valence-electron chi connectivity index (χ3n) is 2.07. The molecule has 0 fully saturated rings. The molecule has 0 radical (unpaired) electrons. The Morgan fingerprint density at radius 2 is 2.12 bits per heavy atom. The number of esters is 1. The van der Waals surface area contributed by atoms with Crippen LogP contribution in [0.2, 0.25) is 0 Å². The first-order valence-electron chi connectivity index (χ1n) is 5.39. The molecule has 6 nitrogen and oxygen atoms in total. The third-order valence-corrected chi connectivity index (χ3v) is 2.07. The number of methoxy groups -OCH3 is 1. The molecule has 0 unspecified atom stereocenters. The summed E-state index contributed by atoms with van der Waals surface area (Å²) in [5.41, 5.74) is 0. The van der Waals surface area contributed by atoms with Gasteiger partial charge in [-0.1, -0.05) is 0 Å². The summed E-state index contributed by atoms with van der Waals surface area (Å²) in [6.45, 7) is 3.75. The summed E-state index contributed by atoms with van der Waals surface area (Å²) >= 11 is 0. The molecular formula is C11H18N2O4. The summed E-state index contributed by atoms with van der Waals surface area (Å²) in [6.07, 6.45) is 0.223. The van der Waals surface area contributed by atoms with E-state index in [4.69, 9.17) is 10.00 Å². The van der Waals surface area contributed by atoms with E-state index in [2.05, 4.69) is 10.1 Å². The average molecular weight is 242 g/mol.